The molecule has 0 radical (unpaired) electrons. The molecule has 2 aliphatic heterocycles. The van der Waals surface area contributed by atoms with E-state index in [0.717, 1.165) is 5.75 Å². The first-order chi connectivity index (χ1) is 7.89. The monoisotopic (exact) mass is 268 g/mol. The van der Waals surface area contributed by atoms with E-state index in [1.54, 1.807) is 11.8 Å². The SMILES string of the molecule is NC1CCSC2CC[C@@H](C(F)(F)F)CN2C1=O. The molecule has 2 aliphatic rings. The lowest BCUT2D eigenvalue weighted by Crippen LogP contribution is -2.52. The van der Waals surface area contributed by atoms with Crippen LogP contribution >= 0.6 is 11.8 Å². The minimum absolute atomic E-state index is 0.111. The molecule has 2 fully saturated rings. The maximum absolute atomic E-state index is 12.6. The number of carbonyl (C=O) groups excluding carboxylic acids is 1. The molecule has 2 unspecified atom stereocenters. The van der Waals surface area contributed by atoms with Gasteiger partial charge in [-0.3, -0.25) is 4.79 Å². The Morgan fingerprint density at radius 1 is 1.29 bits per heavy atom. The summed E-state index contributed by atoms with van der Waals surface area (Å²) in [5.41, 5.74) is 5.65. The molecule has 3 nitrogen and oxygen atoms in total. The highest BCUT2D eigenvalue weighted by Crippen LogP contribution is 2.39. The van der Waals surface area contributed by atoms with E-state index in [0.29, 0.717) is 12.8 Å². The minimum Gasteiger partial charge on any atom is -0.329 e. The summed E-state index contributed by atoms with van der Waals surface area (Å²) < 4.78 is 37.9. The van der Waals surface area contributed by atoms with Gasteiger partial charge >= 0.3 is 6.18 Å². The van der Waals surface area contributed by atoms with Crippen LogP contribution in [0.4, 0.5) is 13.2 Å². The van der Waals surface area contributed by atoms with Crippen molar-refractivity contribution in [3.8, 4) is 0 Å². The highest BCUT2D eigenvalue weighted by atomic mass is 32.2. The third kappa shape index (κ3) is 2.70. The molecular weight excluding hydrogens is 253 g/mol. The zero-order valence-electron chi connectivity index (χ0n) is 9.24. The van der Waals surface area contributed by atoms with Crippen LogP contribution in [0.15, 0.2) is 0 Å². The minimum atomic E-state index is -4.22. The number of piperidine rings is 1. The number of halogens is 3. The molecule has 0 bridgehead atoms. The summed E-state index contributed by atoms with van der Waals surface area (Å²) in [5, 5.41) is -0.116. The van der Waals surface area contributed by atoms with E-state index in [9.17, 15) is 18.0 Å². The van der Waals surface area contributed by atoms with Gasteiger partial charge in [-0.25, -0.2) is 0 Å². The molecule has 17 heavy (non-hydrogen) atoms. The van der Waals surface area contributed by atoms with Crippen LogP contribution < -0.4 is 5.73 Å². The lowest BCUT2D eigenvalue weighted by atomic mass is 9.96. The predicted octanol–water partition coefficient (Wildman–Crippen LogP) is 1.58. The van der Waals surface area contributed by atoms with Crippen LogP contribution in [-0.2, 0) is 4.79 Å². The Hall–Kier alpha value is -0.430. The second-order valence-corrected chi connectivity index (χ2v) is 5.81. The lowest BCUT2D eigenvalue weighted by molar-refractivity contribution is -0.189. The molecule has 0 aromatic carbocycles. The van der Waals surface area contributed by atoms with Crippen LogP contribution in [0.25, 0.3) is 0 Å². The Balaban J connectivity index is 2.12. The number of amides is 1. The van der Waals surface area contributed by atoms with E-state index in [2.05, 4.69) is 0 Å². The summed E-state index contributed by atoms with van der Waals surface area (Å²) in [6.07, 6.45) is -3.15. The molecule has 2 saturated heterocycles. The number of fused-ring (bicyclic) bond motifs is 1. The Kier molecular flexibility index (Phi) is 3.58. The summed E-state index contributed by atoms with van der Waals surface area (Å²) in [6.45, 7) is -0.228. The van der Waals surface area contributed by atoms with Gasteiger partial charge in [0.05, 0.1) is 17.3 Å². The molecule has 2 N–H and O–H groups in total. The number of hydrogen-bond acceptors (Lipinski definition) is 3. The molecular formula is C10H15F3N2OS. The third-order valence-electron chi connectivity index (χ3n) is 3.33. The summed E-state index contributed by atoms with van der Waals surface area (Å²) in [4.78, 5) is 13.2. The smallest absolute Gasteiger partial charge is 0.329 e. The van der Waals surface area contributed by atoms with Crippen LogP contribution in [0.5, 0.6) is 0 Å². The molecule has 2 rings (SSSR count). The maximum atomic E-state index is 12.6. The Morgan fingerprint density at radius 2 is 2.00 bits per heavy atom. The second-order valence-electron chi connectivity index (χ2n) is 4.53. The average Bonchev–Trinajstić information content (AvgIpc) is 2.39. The zero-order chi connectivity index (χ0) is 12.6. The fourth-order valence-electron chi connectivity index (χ4n) is 2.29. The van der Waals surface area contributed by atoms with Crippen molar-refractivity contribution in [1.29, 1.82) is 0 Å². The van der Waals surface area contributed by atoms with Gasteiger partial charge in [0.25, 0.3) is 0 Å². The van der Waals surface area contributed by atoms with Gasteiger partial charge in [-0.05, 0) is 25.0 Å². The van der Waals surface area contributed by atoms with Crippen LogP contribution in [0.3, 0.4) is 0 Å². The molecule has 0 spiro atoms. The molecule has 0 aromatic rings. The first-order valence-corrected chi connectivity index (χ1v) is 6.69. The van der Waals surface area contributed by atoms with Gasteiger partial charge in [0.1, 0.15) is 0 Å². The van der Waals surface area contributed by atoms with Crippen molar-refractivity contribution < 1.29 is 18.0 Å². The van der Waals surface area contributed by atoms with Crippen molar-refractivity contribution in [3.63, 3.8) is 0 Å². The Morgan fingerprint density at radius 3 is 2.65 bits per heavy atom. The number of alkyl halides is 3. The normalized spacial score (nSPS) is 35.4. The van der Waals surface area contributed by atoms with Gasteiger partial charge in [0, 0.05) is 6.54 Å². The van der Waals surface area contributed by atoms with Gasteiger partial charge in [0.15, 0.2) is 0 Å². The third-order valence-corrected chi connectivity index (χ3v) is 4.68. The van der Waals surface area contributed by atoms with Gasteiger partial charge in [-0.1, -0.05) is 0 Å². The van der Waals surface area contributed by atoms with Gasteiger partial charge in [-0.2, -0.15) is 13.2 Å². The van der Waals surface area contributed by atoms with E-state index in [1.165, 1.54) is 4.90 Å². The van der Waals surface area contributed by atoms with E-state index >= 15 is 0 Å². The highest BCUT2D eigenvalue weighted by Gasteiger charge is 2.46. The zero-order valence-corrected chi connectivity index (χ0v) is 10.1. The average molecular weight is 268 g/mol. The fourth-order valence-corrected chi connectivity index (χ4v) is 3.62. The van der Waals surface area contributed by atoms with Gasteiger partial charge in [-0.15, -0.1) is 11.8 Å². The van der Waals surface area contributed by atoms with Crippen molar-refractivity contribution in [1.82, 2.24) is 4.90 Å². The molecule has 0 aliphatic carbocycles. The van der Waals surface area contributed by atoms with Crippen LogP contribution in [-0.4, -0.2) is 40.7 Å². The second kappa shape index (κ2) is 4.68. The first kappa shape index (κ1) is 13.0. The van der Waals surface area contributed by atoms with E-state index in [-0.39, 0.29) is 24.2 Å². The maximum Gasteiger partial charge on any atom is 0.393 e. The topological polar surface area (TPSA) is 46.3 Å². The molecule has 0 saturated carbocycles. The standard InChI is InChI=1S/C10H15F3N2OS/c11-10(12,13)6-1-2-8-15(5-6)9(16)7(14)3-4-17-8/h6-8H,1-5,14H2/t6-,7?,8?/m1/s1. The van der Waals surface area contributed by atoms with Crippen LogP contribution in [0, 0.1) is 5.92 Å². The number of rotatable bonds is 0. The van der Waals surface area contributed by atoms with Crippen molar-refractivity contribution in [2.24, 2.45) is 11.7 Å². The number of thioether (sulfide) groups is 1. The molecule has 7 heteroatoms. The highest BCUT2D eigenvalue weighted by molar-refractivity contribution is 7.99. The van der Waals surface area contributed by atoms with Crippen molar-refractivity contribution >= 4 is 17.7 Å². The van der Waals surface area contributed by atoms with E-state index in [1.807, 2.05) is 0 Å². The Bertz CT molecular complexity index is 310. The molecule has 0 aromatic heterocycles. The van der Waals surface area contributed by atoms with Crippen molar-refractivity contribution in [2.75, 3.05) is 12.3 Å². The first-order valence-electron chi connectivity index (χ1n) is 5.64. The van der Waals surface area contributed by atoms with Gasteiger partial charge < -0.3 is 10.6 Å². The van der Waals surface area contributed by atoms with Crippen LogP contribution in [0.2, 0.25) is 0 Å². The molecule has 3 atom stereocenters. The summed E-state index contributed by atoms with van der Waals surface area (Å²) in [5.74, 6) is -0.979. The number of nitrogens with two attached hydrogens (primary N) is 1. The van der Waals surface area contributed by atoms with Crippen molar-refractivity contribution in [2.45, 2.75) is 36.9 Å². The van der Waals surface area contributed by atoms with Crippen LogP contribution in [0.1, 0.15) is 19.3 Å². The number of carbonyl (C=O) groups is 1. The van der Waals surface area contributed by atoms with Gasteiger partial charge in [0.2, 0.25) is 5.91 Å². The largest absolute Gasteiger partial charge is 0.393 e. The lowest BCUT2D eigenvalue weighted by Gasteiger charge is -2.39. The fraction of sp³-hybridized carbons (Fsp3) is 0.900. The predicted molar refractivity (Wildman–Crippen MR) is 59.3 cm³/mol. The quantitative estimate of drug-likeness (QED) is 0.725. The molecule has 1 amide bonds. The summed E-state index contributed by atoms with van der Waals surface area (Å²) in [7, 11) is 0. The van der Waals surface area contributed by atoms with E-state index in [4.69, 9.17) is 5.73 Å². The molecule has 2 heterocycles. The Labute approximate surface area is 102 Å². The summed E-state index contributed by atoms with van der Waals surface area (Å²) >= 11 is 1.55. The number of hydrogen-bond donors (Lipinski definition) is 1. The molecule has 98 valence electrons. The summed E-state index contributed by atoms with van der Waals surface area (Å²) in [6, 6.07) is -0.639. The van der Waals surface area contributed by atoms with E-state index < -0.39 is 18.1 Å². The van der Waals surface area contributed by atoms with Crippen molar-refractivity contribution in [3.05, 3.63) is 0 Å². The number of nitrogens with zero attached hydrogens (tertiary/aromatic N) is 1.